The van der Waals surface area contributed by atoms with E-state index in [4.69, 9.17) is 0 Å². The summed E-state index contributed by atoms with van der Waals surface area (Å²) in [4.78, 5) is 28.7. The Morgan fingerprint density at radius 1 is 0.464 bits per heavy atom. The van der Waals surface area contributed by atoms with E-state index in [1.54, 1.807) is 4.90 Å². The molecule has 0 saturated carbocycles. The van der Waals surface area contributed by atoms with Crippen molar-refractivity contribution in [2.24, 2.45) is 44.2 Å². The number of guanidine groups is 6. The van der Waals surface area contributed by atoms with Crippen molar-refractivity contribution in [3.63, 3.8) is 0 Å². The monoisotopic (exact) mass is 440 g/mol. The van der Waals surface area contributed by atoms with Crippen LogP contribution in [0.3, 0.4) is 0 Å². The van der Waals surface area contributed by atoms with Crippen molar-refractivity contribution in [1.82, 2.24) is 4.90 Å². The van der Waals surface area contributed by atoms with Crippen molar-refractivity contribution in [3.8, 4) is 0 Å². The Balaban J connectivity index is 2.23. The molecule has 0 unspecified atom stereocenters. The van der Waals surface area contributed by atoms with Crippen molar-refractivity contribution in [2.45, 2.75) is 0 Å². The van der Waals surface area contributed by atoms with E-state index >= 15 is 0 Å². The van der Waals surface area contributed by atoms with Crippen LogP contribution < -0.4 is 0 Å². The van der Waals surface area contributed by atoms with Gasteiger partial charge in [-0.3, -0.25) is 0 Å². The van der Waals surface area contributed by atoms with Gasteiger partial charge in [-0.15, -0.1) is 0 Å². The fourth-order valence-electron chi connectivity index (χ4n) is 2.19. The van der Waals surface area contributed by atoms with E-state index in [9.17, 15) is 0 Å². The third-order valence-corrected chi connectivity index (χ3v) is 5.30. The Labute approximate surface area is 166 Å². The van der Waals surface area contributed by atoms with Crippen molar-refractivity contribution in [2.75, 3.05) is 60.0 Å². The Bertz CT molecular complexity index is 918. The van der Waals surface area contributed by atoms with Crippen LogP contribution in [0.1, 0.15) is 0 Å². The number of hydrogen-bond acceptors (Lipinski definition) is 10. The molecule has 0 aromatic heterocycles. The summed E-state index contributed by atoms with van der Waals surface area (Å²) >= 11 is 0. The van der Waals surface area contributed by atoms with Crippen LogP contribution in [0.4, 0.5) is 0 Å². The lowest BCUT2D eigenvalue weighted by atomic mass is 10.5. The third-order valence-electron chi connectivity index (χ3n) is 2.97. The molecule has 3 aliphatic rings. The lowest BCUT2D eigenvalue weighted by molar-refractivity contribution is 0.824. The van der Waals surface area contributed by atoms with Crippen LogP contribution >= 0.6 is 21.2 Å². The van der Waals surface area contributed by atoms with Crippen molar-refractivity contribution in [1.29, 1.82) is 0 Å². The van der Waals surface area contributed by atoms with Gasteiger partial charge in [0.15, 0.2) is 0 Å². The second-order valence-corrected chi connectivity index (χ2v) is 21.2. The molecule has 10 nitrogen and oxygen atoms in total. The summed E-state index contributed by atoms with van der Waals surface area (Å²) in [5.41, 5.74) is 0. The van der Waals surface area contributed by atoms with Gasteiger partial charge in [-0.2, -0.15) is 30.0 Å². The smallest absolute Gasteiger partial charge is 0.232 e. The van der Waals surface area contributed by atoms with Crippen LogP contribution in [0.15, 0.2) is 44.2 Å². The molecule has 0 amide bonds. The highest BCUT2D eigenvalue weighted by Crippen LogP contribution is 2.38. The Kier molecular flexibility index (Phi) is 5.37. The highest BCUT2D eigenvalue weighted by molar-refractivity contribution is 7.65. The van der Waals surface area contributed by atoms with E-state index in [1.165, 1.54) is 0 Å². The second kappa shape index (κ2) is 7.08. The summed E-state index contributed by atoms with van der Waals surface area (Å²) in [6, 6.07) is 0. The summed E-state index contributed by atoms with van der Waals surface area (Å²) in [6.07, 6.45) is 0. The number of nitrogens with zero attached hydrogens (tertiary/aromatic N) is 10. The van der Waals surface area contributed by atoms with Gasteiger partial charge in [0, 0.05) is 0 Å². The molecule has 0 radical (unpaired) electrons. The van der Waals surface area contributed by atoms with Gasteiger partial charge in [0.2, 0.25) is 17.9 Å². The zero-order valence-corrected chi connectivity index (χ0v) is 20.5. The quantitative estimate of drug-likeness (QED) is 0.525. The molecule has 0 N–H and O–H groups in total. The molecule has 152 valence electrons. The van der Waals surface area contributed by atoms with E-state index in [2.05, 4.69) is 104 Å². The molecule has 0 aliphatic carbocycles. The van der Waals surface area contributed by atoms with Gasteiger partial charge in [-0.25, -0.2) is 19.1 Å². The van der Waals surface area contributed by atoms with Crippen molar-refractivity contribution < 1.29 is 0 Å². The average molecular weight is 440 g/mol. The molecule has 3 rings (SSSR count). The molecule has 3 aliphatic heterocycles. The van der Waals surface area contributed by atoms with Crippen molar-refractivity contribution in [3.05, 3.63) is 0 Å². The largest absolute Gasteiger partial charge is 0.254 e. The van der Waals surface area contributed by atoms with Crippen molar-refractivity contribution >= 4 is 56.9 Å². The molecule has 0 aromatic carbocycles. The predicted molar refractivity (Wildman–Crippen MR) is 128 cm³/mol. The molecule has 0 spiro atoms. The molecule has 3 heterocycles. The van der Waals surface area contributed by atoms with E-state index in [0.29, 0.717) is 35.8 Å². The van der Waals surface area contributed by atoms with E-state index in [-0.39, 0.29) is 0 Å². The second-order valence-electron chi connectivity index (χ2n) is 8.93. The van der Waals surface area contributed by atoms with Gasteiger partial charge < -0.3 is 0 Å². The standard InChI is InChI=1S/C15H27N10P3/c1-26(2,3)22-10-16-13-18-11(23-27(4,5)6)20-15-21-12(24-28(7,8)9)19-14(17-10)25(13)15/h1-9H3. The maximum absolute atomic E-state index is 4.68. The van der Waals surface area contributed by atoms with E-state index in [1.807, 2.05) is 0 Å². The molecule has 0 aromatic rings. The summed E-state index contributed by atoms with van der Waals surface area (Å²) in [7, 11) is -4.48. The molecular weight excluding hydrogens is 413 g/mol. The molecule has 0 saturated heterocycles. The maximum atomic E-state index is 4.68. The Hall–Kier alpha value is -1.49. The normalized spacial score (nSPS) is 19.4. The van der Waals surface area contributed by atoms with Gasteiger partial charge >= 0.3 is 0 Å². The minimum absolute atomic E-state index is 0.368. The summed E-state index contributed by atoms with van der Waals surface area (Å²) in [6.45, 7) is 18.9. The fraction of sp³-hybridized carbons (Fsp3) is 0.600. The lowest BCUT2D eigenvalue weighted by Crippen LogP contribution is -2.47. The average Bonchev–Trinajstić information content (AvgIpc) is 2.40. The van der Waals surface area contributed by atoms with Gasteiger partial charge in [0.05, 0.1) is 0 Å². The minimum Gasteiger partial charge on any atom is -0.232 e. The summed E-state index contributed by atoms with van der Waals surface area (Å²) in [5.74, 6) is 2.29. The first-order chi connectivity index (χ1) is 12.7. The van der Waals surface area contributed by atoms with Gasteiger partial charge in [-0.05, 0) is 81.1 Å². The van der Waals surface area contributed by atoms with Crippen LogP contribution in [0.2, 0.25) is 0 Å². The first-order valence-electron chi connectivity index (χ1n) is 8.65. The predicted octanol–water partition coefficient (Wildman–Crippen LogP) is 3.74. The van der Waals surface area contributed by atoms with Crippen LogP contribution in [-0.2, 0) is 0 Å². The van der Waals surface area contributed by atoms with Gasteiger partial charge in [0.25, 0.3) is 17.9 Å². The summed E-state index contributed by atoms with van der Waals surface area (Å²) in [5, 5.41) is 0. The van der Waals surface area contributed by atoms with Crippen LogP contribution in [0.25, 0.3) is 0 Å². The minimum atomic E-state index is -1.49. The first kappa shape index (κ1) is 21.2. The van der Waals surface area contributed by atoms with E-state index < -0.39 is 21.2 Å². The lowest BCUT2D eigenvalue weighted by Gasteiger charge is -2.29. The molecule has 0 fully saturated rings. The number of hydrogen-bond donors (Lipinski definition) is 0. The fourth-order valence-corrected chi connectivity index (χ4v) is 4.07. The van der Waals surface area contributed by atoms with Crippen LogP contribution in [0, 0.1) is 0 Å². The Morgan fingerprint density at radius 3 is 0.929 bits per heavy atom. The molecule has 13 heteroatoms. The molecule has 28 heavy (non-hydrogen) atoms. The topological polar surface area (TPSA) is 114 Å². The number of aliphatic imine (C=N–C) groups is 6. The zero-order valence-electron chi connectivity index (χ0n) is 17.8. The first-order valence-corrected chi connectivity index (χ1v) is 17.9. The highest BCUT2D eigenvalue weighted by atomic mass is 31.2. The molecule has 0 bridgehead atoms. The Morgan fingerprint density at radius 2 is 0.714 bits per heavy atom. The highest BCUT2D eigenvalue weighted by Gasteiger charge is 2.35. The SMILES string of the molecule is CP(C)(C)=NC1=NC2=NC(N=P(C)(C)C)=NC3=NC(N=P(C)(C)C)=NC(=N1)N23. The summed E-state index contributed by atoms with van der Waals surface area (Å²) < 4.78 is 14.0. The zero-order chi connectivity index (χ0) is 20.9. The maximum Gasteiger partial charge on any atom is 0.254 e. The van der Waals surface area contributed by atoms with Gasteiger partial charge in [-0.1, -0.05) is 0 Å². The third kappa shape index (κ3) is 5.53. The van der Waals surface area contributed by atoms with Crippen LogP contribution in [-0.4, -0.2) is 101 Å². The van der Waals surface area contributed by atoms with E-state index in [0.717, 1.165) is 0 Å². The number of rotatable bonds is 0. The molecule has 0 atom stereocenters. The molecular formula is C15H27N10P3. The van der Waals surface area contributed by atoms with Gasteiger partial charge in [0.1, 0.15) is 0 Å². The van der Waals surface area contributed by atoms with Crippen LogP contribution in [0.5, 0.6) is 0 Å².